The van der Waals surface area contributed by atoms with Crippen LogP contribution in [-0.4, -0.2) is 24.2 Å². The van der Waals surface area contributed by atoms with Gasteiger partial charge in [0.15, 0.2) is 0 Å². The zero-order valence-electron chi connectivity index (χ0n) is 11.0. The number of rotatable bonds is 4. The lowest BCUT2D eigenvalue weighted by Crippen LogP contribution is -2.56. The Labute approximate surface area is 112 Å². The predicted octanol–water partition coefficient (Wildman–Crippen LogP) is 2.05. The Kier molecular flexibility index (Phi) is 4.04. The van der Waals surface area contributed by atoms with E-state index < -0.39 is 11.4 Å². The fourth-order valence-electron chi connectivity index (χ4n) is 2.43. The van der Waals surface area contributed by atoms with E-state index in [4.69, 9.17) is 10.5 Å². The highest BCUT2D eigenvalue weighted by atomic mass is 19.1. The fraction of sp³-hybridized carbons (Fsp3) is 0.500. The molecule has 104 valence electrons. The second-order valence-corrected chi connectivity index (χ2v) is 4.91. The third-order valence-corrected chi connectivity index (χ3v) is 3.63. The highest BCUT2D eigenvalue weighted by molar-refractivity contribution is 5.88. The number of primary amides is 1. The summed E-state index contributed by atoms with van der Waals surface area (Å²) in [6.07, 6.45) is 1.69. The molecule has 19 heavy (non-hydrogen) atoms. The summed E-state index contributed by atoms with van der Waals surface area (Å²) in [6, 6.07) is 6.29. The zero-order valence-corrected chi connectivity index (χ0v) is 11.0. The summed E-state index contributed by atoms with van der Waals surface area (Å²) in [5.41, 5.74) is 4.91. The molecule has 1 aromatic carbocycles. The normalized spacial score (nSPS) is 26.9. The van der Waals surface area contributed by atoms with Gasteiger partial charge in [0.25, 0.3) is 0 Å². The van der Waals surface area contributed by atoms with Gasteiger partial charge in [-0.15, -0.1) is 0 Å². The molecule has 0 saturated carbocycles. The molecule has 5 heteroatoms. The lowest BCUT2D eigenvalue weighted by atomic mass is 9.84. The molecule has 1 aliphatic heterocycles. The van der Waals surface area contributed by atoms with Gasteiger partial charge in [0.2, 0.25) is 5.91 Å². The summed E-state index contributed by atoms with van der Waals surface area (Å²) in [4.78, 5) is 11.8. The predicted molar refractivity (Wildman–Crippen MR) is 71.2 cm³/mol. The first-order valence-electron chi connectivity index (χ1n) is 6.51. The fourth-order valence-corrected chi connectivity index (χ4v) is 2.43. The molecule has 4 nitrogen and oxygen atoms in total. The van der Waals surface area contributed by atoms with E-state index in [1.165, 1.54) is 6.07 Å². The number of para-hydroxylation sites is 1. The monoisotopic (exact) mass is 266 g/mol. The Hall–Kier alpha value is -1.62. The van der Waals surface area contributed by atoms with Crippen molar-refractivity contribution >= 4 is 11.6 Å². The molecule has 0 aromatic heterocycles. The number of nitrogens with two attached hydrogens (primary N) is 1. The van der Waals surface area contributed by atoms with Crippen LogP contribution >= 0.6 is 0 Å². The van der Waals surface area contributed by atoms with Crippen LogP contribution in [0.2, 0.25) is 0 Å². The maximum absolute atomic E-state index is 13.7. The van der Waals surface area contributed by atoms with E-state index >= 15 is 0 Å². The first-order chi connectivity index (χ1) is 9.07. The van der Waals surface area contributed by atoms with Crippen molar-refractivity contribution in [2.24, 2.45) is 5.73 Å². The van der Waals surface area contributed by atoms with E-state index in [-0.39, 0.29) is 11.9 Å². The molecule has 0 bridgehead atoms. The van der Waals surface area contributed by atoms with Crippen LogP contribution in [0.25, 0.3) is 0 Å². The molecule has 0 radical (unpaired) electrons. The summed E-state index contributed by atoms with van der Waals surface area (Å²) in [5.74, 6) is -0.847. The average molecular weight is 266 g/mol. The summed E-state index contributed by atoms with van der Waals surface area (Å²) in [7, 11) is 0. The van der Waals surface area contributed by atoms with Gasteiger partial charge in [-0.3, -0.25) is 4.79 Å². The molecule has 1 heterocycles. The first kappa shape index (κ1) is 13.8. The van der Waals surface area contributed by atoms with Crippen molar-refractivity contribution in [3.63, 3.8) is 0 Å². The lowest BCUT2D eigenvalue weighted by molar-refractivity contribution is -0.127. The van der Waals surface area contributed by atoms with Gasteiger partial charge >= 0.3 is 0 Å². The third kappa shape index (κ3) is 2.87. The van der Waals surface area contributed by atoms with Crippen LogP contribution in [0.4, 0.5) is 10.1 Å². The Morgan fingerprint density at radius 1 is 1.58 bits per heavy atom. The number of carbonyl (C=O) groups excluding carboxylic acids is 1. The van der Waals surface area contributed by atoms with E-state index in [9.17, 15) is 9.18 Å². The van der Waals surface area contributed by atoms with Crippen LogP contribution in [0.1, 0.15) is 26.2 Å². The maximum atomic E-state index is 13.7. The van der Waals surface area contributed by atoms with Gasteiger partial charge in [-0.05, 0) is 18.6 Å². The van der Waals surface area contributed by atoms with Crippen molar-refractivity contribution in [3.8, 4) is 0 Å². The van der Waals surface area contributed by atoms with Gasteiger partial charge in [-0.25, -0.2) is 4.39 Å². The average Bonchev–Trinajstić information content (AvgIpc) is 2.41. The van der Waals surface area contributed by atoms with Crippen molar-refractivity contribution in [2.45, 2.75) is 37.8 Å². The number of benzene rings is 1. The molecular formula is C14H19FN2O2. The molecule has 2 atom stereocenters. The Bertz CT molecular complexity index is 467. The number of halogens is 1. The van der Waals surface area contributed by atoms with Crippen LogP contribution in [0.15, 0.2) is 24.3 Å². The Morgan fingerprint density at radius 3 is 2.95 bits per heavy atom. The molecule has 0 aliphatic carbocycles. The van der Waals surface area contributed by atoms with E-state index in [2.05, 4.69) is 5.32 Å². The minimum atomic E-state index is -0.929. The molecule has 1 fully saturated rings. The van der Waals surface area contributed by atoms with Crippen LogP contribution in [0.3, 0.4) is 0 Å². The minimum absolute atomic E-state index is 0.0273. The summed E-state index contributed by atoms with van der Waals surface area (Å²) < 4.78 is 19.3. The summed E-state index contributed by atoms with van der Waals surface area (Å²) in [6.45, 7) is 2.44. The maximum Gasteiger partial charge on any atom is 0.243 e. The van der Waals surface area contributed by atoms with E-state index in [1.54, 1.807) is 18.2 Å². The van der Waals surface area contributed by atoms with Crippen molar-refractivity contribution in [3.05, 3.63) is 30.1 Å². The lowest BCUT2D eigenvalue weighted by Gasteiger charge is -2.39. The first-order valence-corrected chi connectivity index (χ1v) is 6.51. The molecule has 3 N–H and O–H groups in total. The standard InChI is InChI=1S/C14H19FN2O2/c1-2-10-9-14(13(16)18,7-8-19-10)17-12-6-4-3-5-11(12)15/h3-6,10,17H,2,7-9H2,1H3,(H2,16,18). The number of hydrogen-bond donors (Lipinski definition) is 2. The SMILES string of the molecule is CCC1CC(Nc2ccccc2F)(C(N)=O)CCO1. The summed E-state index contributed by atoms with van der Waals surface area (Å²) in [5, 5.41) is 3.00. The number of carbonyl (C=O) groups is 1. The van der Waals surface area contributed by atoms with Crippen molar-refractivity contribution in [1.29, 1.82) is 0 Å². The topological polar surface area (TPSA) is 64.3 Å². The van der Waals surface area contributed by atoms with E-state index in [0.717, 1.165) is 6.42 Å². The number of hydrogen-bond acceptors (Lipinski definition) is 3. The van der Waals surface area contributed by atoms with E-state index in [1.807, 2.05) is 6.92 Å². The second-order valence-electron chi connectivity index (χ2n) is 4.91. The molecule has 1 amide bonds. The van der Waals surface area contributed by atoms with E-state index in [0.29, 0.717) is 25.1 Å². The zero-order chi connectivity index (χ0) is 13.9. The second kappa shape index (κ2) is 5.57. The van der Waals surface area contributed by atoms with Crippen LogP contribution in [0.5, 0.6) is 0 Å². The smallest absolute Gasteiger partial charge is 0.243 e. The number of nitrogens with one attached hydrogen (secondary N) is 1. The van der Waals surface area contributed by atoms with Gasteiger partial charge < -0.3 is 15.8 Å². The van der Waals surface area contributed by atoms with Crippen molar-refractivity contribution in [2.75, 3.05) is 11.9 Å². The molecule has 0 spiro atoms. The quantitative estimate of drug-likeness (QED) is 0.876. The largest absolute Gasteiger partial charge is 0.378 e. The Morgan fingerprint density at radius 2 is 2.32 bits per heavy atom. The van der Waals surface area contributed by atoms with Gasteiger partial charge in [-0.1, -0.05) is 19.1 Å². The Balaban J connectivity index is 2.25. The number of amides is 1. The summed E-state index contributed by atoms with van der Waals surface area (Å²) >= 11 is 0. The van der Waals surface area contributed by atoms with Gasteiger partial charge in [0.05, 0.1) is 11.8 Å². The molecule has 1 saturated heterocycles. The molecular weight excluding hydrogens is 247 g/mol. The highest BCUT2D eigenvalue weighted by Crippen LogP contribution is 2.31. The minimum Gasteiger partial charge on any atom is -0.378 e. The van der Waals surface area contributed by atoms with Gasteiger partial charge in [-0.2, -0.15) is 0 Å². The molecule has 1 aromatic rings. The molecule has 2 rings (SSSR count). The van der Waals surface area contributed by atoms with Gasteiger partial charge in [0.1, 0.15) is 11.4 Å². The van der Waals surface area contributed by atoms with Crippen molar-refractivity contribution < 1.29 is 13.9 Å². The number of anilines is 1. The van der Waals surface area contributed by atoms with Crippen LogP contribution < -0.4 is 11.1 Å². The van der Waals surface area contributed by atoms with Gasteiger partial charge in [0, 0.05) is 19.4 Å². The number of ether oxygens (including phenoxy) is 1. The van der Waals surface area contributed by atoms with Crippen LogP contribution in [-0.2, 0) is 9.53 Å². The highest BCUT2D eigenvalue weighted by Gasteiger charge is 2.42. The van der Waals surface area contributed by atoms with Crippen LogP contribution in [0, 0.1) is 5.82 Å². The third-order valence-electron chi connectivity index (χ3n) is 3.63. The molecule has 2 unspecified atom stereocenters. The molecule has 1 aliphatic rings. The van der Waals surface area contributed by atoms with Crippen molar-refractivity contribution in [1.82, 2.24) is 0 Å².